The minimum atomic E-state index is -3.78. The maximum absolute atomic E-state index is 12.3. The molecule has 0 atom stereocenters. The van der Waals surface area contributed by atoms with E-state index in [0.717, 1.165) is 5.56 Å². The van der Waals surface area contributed by atoms with Crippen molar-refractivity contribution in [2.24, 2.45) is 0 Å². The molecule has 0 unspecified atom stereocenters. The molecular weight excluding hydrogens is 294 g/mol. The average Bonchev–Trinajstić information content (AvgIpc) is 2.80. The van der Waals surface area contributed by atoms with Crippen LogP contribution in [0.2, 0.25) is 0 Å². The van der Waals surface area contributed by atoms with Crippen LogP contribution < -0.4 is 10.5 Å². The number of fused-ring (bicyclic) bond motifs is 1. The van der Waals surface area contributed by atoms with Gasteiger partial charge in [-0.25, -0.2) is 18.2 Å². The van der Waals surface area contributed by atoms with Crippen molar-refractivity contribution >= 4 is 26.9 Å². The Morgan fingerprint density at radius 1 is 1.24 bits per heavy atom. The Hall–Kier alpha value is -2.61. The van der Waals surface area contributed by atoms with Crippen LogP contribution >= 0.6 is 0 Å². The molecule has 3 rings (SSSR count). The molecule has 0 fully saturated rings. The van der Waals surface area contributed by atoms with Crippen molar-refractivity contribution < 1.29 is 12.8 Å². The lowest BCUT2D eigenvalue weighted by Gasteiger charge is -2.07. The third kappa shape index (κ3) is 2.65. The molecule has 0 spiro atoms. The molecule has 108 valence electrons. The predicted molar refractivity (Wildman–Crippen MR) is 76.6 cm³/mol. The first-order valence-corrected chi connectivity index (χ1v) is 7.51. The van der Waals surface area contributed by atoms with E-state index in [-0.39, 0.29) is 10.7 Å². The molecule has 0 aliphatic carbocycles. The van der Waals surface area contributed by atoms with Crippen LogP contribution in [0.4, 0.5) is 5.82 Å². The summed E-state index contributed by atoms with van der Waals surface area (Å²) in [5.41, 5.74) is 1.54. The number of hydrogen-bond donors (Lipinski definition) is 2. The molecule has 0 aliphatic rings. The summed E-state index contributed by atoms with van der Waals surface area (Å²) in [5.74, 6) is -0.408. The lowest BCUT2D eigenvalue weighted by molar-refractivity contribution is 0.555. The van der Waals surface area contributed by atoms with Gasteiger partial charge in [-0.05, 0) is 36.8 Å². The number of oxazole rings is 1. The van der Waals surface area contributed by atoms with E-state index in [4.69, 9.17) is 4.42 Å². The fraction of sp³-hybridized carbons (Fsp3) is 0.0769. The van der Waals surface area contributed by atoms with Crippen molar-refractivity contribution in [3.63, 3.8) is 0 Å². The molecular formula is C13H11N3O4S. The normalized spacial score (nSPS) is 11.7. The number of benzene rings is 1. The number of nitrogens with one attached hydrogen (secondary N) is 2. The van der Waals surface area contributed by atoms with Crippen LogP contribution in [0, 0.1) is 6.92 Å². The number of H-pyrrole nitrogens is 1. The zero-order valence-corrected chi connectivity index (χ0v) is 11.8. The molecule has 3 aromatic rings. The van der Waals surface area contributed by atoms with Gasteiger partial charge >= 0.3 is 5.76 Å². The number of hydrogen-bond acceptors (Lipinski definition) is 5. The number of rotatable bonds is 3. The standard InChI is InChI=1S/C13H11N3O4S/c1-8-2-5-12(14-7-8)16-21(18,19)9-3-4-11-10(6-9)15-13(17)20-11/h2-7H,1H3,(H,14,16)(H,15,17). The van der Waals surface area contributed by atoms with Crippen molar-refractivity contribution in [3.8, 4) is 0 Å². The summed E-state index contributed by atoms with van der Waals surface area (Å²) in [6, 6.07) is 7.43. The van der Waals surface area contributed by atoms with Crippen LogP contribution in [0.1, 0.15) is 5.56 Å². The van der Waals surface area contributed by atoms with E-state index in [0.29, 0.717) is 11.1 Å². The Morgan fingerprint density at radius 2 is 2.05 bits per heavy atom. The SMILES string of the molecule is Cc1ccc(NS(=O)(=O)c2ccc3oc(=O)[nH]c3c2)nc1. The van der Waals surface area contributed by atoms with Gasteiger partial charge in [0, 0.05) is 6.20 Å². The smallest absolute Gasteiger partial charge is 0.408 e. The minimum Gasteiger partial charge on any atom is -0.408 e. The van der Waals surface area contributed by atoms with E-state index < -0.39 is 15.8 Å². The number of pyridine rings is 1. The Labute approximate surface area is 119 Å². The van der Waals surface area contributed by atoms with Crippen molar-refractivity contribution in [2.75, 3.05) is 4.72 Å². The second-order valence-corrected chi connectivity index (χ2v) is 6.18. The summed E-state index contributed by atoms with van der Waals surface area (Å²) in [6.45, 7) is 1.86. The minimum absolute atomic E-state index is 0.00873. The van der Waals surface area contributed by atoms with E-state index in [2.05, 4.69) is 14.7 Å². The maximum atomic E-state index is 12.3. The van der Waals surface area contributed by atoms with Gasteiger partial charge in [0.25, 0.3) is 10.0 Å². The number of aryl methyl sites for hydroxylation is 1. The molecule has 8 heteroatoms. The Balaban J connectivity index is 1.99. The molecule has 7 nitrogen and oxygen atoms in total. The van der Waals surface area contributed by atoms with Crippen LogP contribution in [0.3, 0.4) is 0 Å². The van der Waals surface area contributed by atoms with E-state index >= 15 is 0 Å². The second-order valence-electron chi connectivity index (χ2n) is 4.50. The molecule has 0 radical (unpaired) electrons. The lowest BCUT2D eigenvalue weighted by Crippen LogP contribution is -2.13. The molecule has 0 bridgehead atoms. The summed E-state index contributed by atoms with van der Waals surface area (Å²) in [5, 5.41) is 0. The number of aromatic nitrogens is 2. The third-order valence-electron chi connectivity index (χ3n) is 2.85. The van der Waals surface area contributed by atoms with Gasteiger partial charge in [-0.3, -0.25) is 9.71 Å². The Bertz CT molecular complexity index is 955. The first-order valence-electron chi connectivity index (χ1n) is 6.02. The summed E-state index contributed by atoms with van der Waals surface area (Å²) < 4.78 is 31.7. The van der Waals surface area contributed by atoms with Gasteiger partial charge in [0.2, 0.25) is 0 Å². The van der Waals surface area contributed by atoms with Gasteiger partial charge in [0.05, 0.1) is 10.4 Å². The molecule has 0 aliphatic heterocycles. The Morgan fingerprint density at radius 3 is 2.76 bits per heavy atom. The molecule has 0 amide bonds. The van der Waals surface area contributed by atoms with E-state index in [1.165, 1.54) is 18.2 Å². The van der Waals surface area contributed by atoms with E-state index in [1.54, 1.807) is 18.3 Å². The predicted octanol–water partition coefficient (Wildman–Crippen LogP) is 1.63. The quantitative estimate of drug-likeness (QED) is 0.765. The van der Waals surface area contributed by atoms with Crippen LogP contribution in [-0.4, -0.2) is 18.4 Å². The van der Waals surface area contributed by atoms with Crippen molar-refractivity contribution in [1.29, 1.82) is 0 Å². The van der Waals surface area contributed by atoms with Gasteiger partial charge in [0.15, 0.2) is 5.58 Å². The number of aromatic amines is 1. The van der Waals surface area contributed by atoms with Gasteiger partial charge in [-0.2, -0.15) is 0 Å². The third-order valence-corrected chi connectivity index (χ3v) is 4.20. The van der Waals surface area contributed by atoms with Crippen molar-refractivity contribution in [2.45, 2.75) is 11.8 Å². The molecule has 0 saturated carbocycles. The van der Waals surface area contributed by atoms with Crippen LogP contribution in [-0.2, 0) is 10.0 Å². The molecule has 2 heterocycles. The van der Waals surface area contributed by atoms with Gasteiger partial charge < -0.3 is 4.42 Å². The molecule has 2 N–H and O–H groups in total. The fourth-order valence-corrected chi connectivity index (χ4v) is 2.86. The molecule has 1 aromatic carbocycles. The highest BCUT2D eigenvalue weighted by Gasteiger charge is 2.16. The van der Waals surface area contributed by atoms with Crippen molar-refractivity contribution in [1.82, 2.24) is 9.97 Å². The summed E-state index contributed by atoms with van der Waals surface area (Å²) in [4.78, 5) is 17.5. The average molecular weight is 305 g/mol. The topological polar surface area (TPSA) is 105 Å². The van der Waals surface area contributed by atoms with E-state index in [1.807, 2.05) is 6.92 Å². The van der Waals surface area contributed by atoms with Crippen molar-refractivity contribution in [3.05, 3.63) is 52.6 Å². The van der Waals surface area contributed by atoms with Gasteiger partial charge in [0.1, 0.15) is 5.82 Å². The highest BCUT2D eigenvalue weighted by molar-refractivity contribution is 7.92. The maximum Gasteiger partial charge on any atom is 0.417 e. The number of nitrogens with zero attached hydrogens (tertiary/aromatic N) is 1. The summed E-state index contributed by atoms with van der Waals surface area (Å²) >= 11 is 0. The van der Waals surface area contributed by atoms with Crippen LogP contribution in [0.15, 0.2) is 50.6 Å². The molecule has 21 heavy (non-hydrogen) atoms. The second kappa shape index (κ2) is 4.74. The van der Waals surface area contributed by atoms with Gasteiger partial charge in [-0.15, -0.1) is 0 Å². The fourth-order valence-electron chi connectivity index (χ4n) is 1.82. The summed E-state index contributed by atoms with van der Waals surface area (Å²) in [6.07, 6.45) is 1.56. The lowest BCUT2D eigenvalue weighted by atomic mass is 10.3. The van der Waals surface area contributed by atoms with Gasteiger partial charge in [-0.1, -0.05) is 6.07 Å². The summed E-state index contributed by atoms with van der Waals surface area (Å²) in [7, 11) is -3.78. The zero-order chi connectivity index (χ0) is 15.0. The monoisotopic (exact) mass is 305 g/mol. The molecule has 2 aromatic heterocycles. The Kier molecular flexibility index (Phi) is 3.02. The highest BCUT2D eigenvalue weighted by atomic mass is 32.2. The zero-order valence-electron chi connectivity index (χ0n) is 11.0. The largest absolute Gasteiger partial charge is 0.417 e. The highest BCUT2D eigenvalue weighted by Crippen LogP contribution is 2.19. The first kappa shape index (κ1) is 13.4. The van der Waals surface area contributed by atoms with E-state index in [9.17, 15) is 13.2 Å². The molecule has 0 saturated heterocycles. The first-order chi connectivity index (χ1) is 9.94. The van der Waals surface area contributed by atoms with Crippen LogP contribution in [0.25, 0.3) is 11.1 Å². The van der Waals surface area contributed by atoms with Crippen LogP contribution in [0.5, 0.6) is 0 Å². The number of anilines is 1. The number of sulfonamides is 1.